The molecule has 0 fully saturated rings. The summed E-state index contributed by atoms with van der Waals surface area (Å²) >= 11 is 0. The van der Waals surface area contributed by atoms with Gasteiger partial charge in [0.1, 0.15) is 11.5 Å². The SMILES string of the molecule is COc1ccc(C2CCc3ccccc3N2c2ccc(OC)cc2)cc1. The number of para-hydroxylation sites is 1. The summed E-state index contributed by atoms with van der Waals surface area (Å²) in [5.74, 6) is 1.76. The van der Waals surface area contributed by atoms with Crippen LogP contribution >= 0.6 is 0 Å². The lowest BCUT2D eigenvalue weighted by molar-refractivity contribution is 0.414. The molecule has 0 aliphatic carbocycles. The van der Waals surface area contributed by atoms with E-state index in [1.165, 1.54) is 22.5 Å². The van der Waals surface area contributed by atoms with Crippen LogP contribution in [0, 0.1) is 0 Å². The summed E-state index contributed by atoms with van der Waals surface area (Å²) in [4.78, 5) is 2.44. The molecule has 3 heteroatoms. The molecule has 0 aromatic heterocycles. The van der Waals surface area contributed by atoms with Gasteiger partial charge in [0.05, 0.1) is 20.3 Å². The molecule has 3 aromatic rings. The van der Waals surface area contributed by atoms with E-state index in [-0.39, 0.29) is 0 Å². The summed E-state index contributed by atoms with van der Waals surface area (Å²) in [5.41, 5.74) is 5.16. The number of methoxy groups -OCH3 is 2. The van der Waals surface area contributed by atoms with Crippen molar-refractivity contribution in [3.05, 3.63) is 83.9 Å². The molecule has 0 saturated heterocycles. The fraction of sp³-hybridized carbons (Fsp3) is 0.217. The van der Waals surface area contributed by atoms with Crippen molar-refractivity contribution in [2.75, 3.05) is 19.1 Å². The average molecular weight is 345 g/mol. The lowest BCUT2D eigenvalue weighted by Crippen LogP contribution is -2.29. The summed E-state index contributed by atoms with van der Waals surface area (Å²) in [6.07, 6.45) is 2.16. The zero-order valence-corrected chi connectivity index (χ0v) is 15.2. The third-order valence-electron chi connectivity index (χ3n) is 5.10. The Morgan fingerprint density at radius 2 is 1.38 bits per heavy atom. The molecule has 1 atom stereocenters. The van der Waals surface area contributed by atoms with E-state index in [9.17, 15) is 0 Å². The van der Waals surface area contributed by atoms with Crippen molar-refractivity contribution in [2.24, 2.45) is 0 Å². The van der Waals surface area contributed by atoms with E-state index in [1.54, 1.807) is 14.2 Å². The van der Waals surface area contributed by atoms with Crippen molar-refractivity contribution in [3.8, 4) is 11.5 Å². The normalized spacial score (nSPS) is 16.1. The highest BCUT2D eigenvalue weighted by atomic mass is 16.5. The van der Waals surface area contributed by atoms with Gasteiger partial charge in [0.15, 0.2) is 0 Å². The topological polar surface area (TPSA) is 21.7 Å². The van der Waals surface area contributed by atoms with Gasteiger partial charge in [0.25, 0.3) is 0 Å². The summed E-state index contributed by atoms with van der Waals surface area (Å²) in [5, 5.41) is 0. The minimum atomic E-state index is 0.296. The molecule has 1 aliphatic rings. The smallest absolute Gasteiger partial charge is 0.119 e. The number of hydrogen-bond donors (Lipinski definition) is 0. The van der Waals surface area contributed by atoms with Gasteiger partial charge in [-0.1, -0.05) is 30.3 Å². The molecule has 0 bridgehead atoms. The van der Waals surface area contributed by atoms with Gasteiger partial charge in [0, 0.05) is 11.4 Å². The third-order valence-corrected chi connectivity index (χ3v) is 5.10. The Kier molecular flexibility index (Phi) is 4.53. The summed E-state index contributed by atoms with van der Waals surface area (Å²) in [6, 6.07) is 25.7. The first kappa shape index (κ1) is 16.5. The maximum Gasteiger partial charge on any atom is 0.119 e. The van der Waals surface area contributed by atoms with E-state index < -0.39 is 0 Å². The molecule has 1 heterocycles. The predicted molar refractivity (Wildman–Crippen MR) is 106 cm³/mol. The van der Waals surface area contributed by atoms with E-state index in [2.05, 4.69) is 53.4 Å². The fourth-order valence-corrected chi connectivity index (χ4v) is 3.75. The molecule has 26 heavy (non-hydrogen) atoms. The van der Waals surface area contributed by atoms with Crippen molar-refractivity contribution in [1.82, 2.24) is 0 Å². The monoisotopic (exact) mass is 345 g/mol. The largest absolute Gasteiger partial charge is 0.497 e. The van der Waals surface area contributed by atoms with Crippen LogP contribution in [0.5, 0.6) is 11.5 Å². The van der Waals surface area contributed by atoms with Crippen LogP contribution in [0.15, 0.2) is 72.8 Å². The van der Waals surface area contributed by atoms with Crippen molar-refractivity contribution in [3.63, 3.8) is 0 Å². The summed E-state index contributed by atoms with van der Waals surface area (Å²) in [6.45, 7) is 0. The van der Waals surface area contributed by atoms with Crippen LogP contribution in [0.1, 0.15) is 23.6 Å². The summed E-state index contributed by atoms with van der Waals surface area (Å²) < 4.78 is 10.7. The van der Waals surface area contributed by atoms with Gasteiger partial charge in [-0.05, 0) is 66.4 Å². The van der Waals surface area contributed by atoms with Crippen molar-refractivity contribution < 1.29 is 9.47 Å². The number of ether oxygens (including phenoxy) is 2. The van der Waals surface area contributed by atoms with Gasteiger partial charge < -0.3 is 14.4 Å². The maximum absolute atomic E-state index is 5.33. The Hall–Kier alpha value is -2.94. The number of anilines is 2. The Balaban J connectivity index is 1.78. The van der Waals surface area contributed by atoms with Crippen LogP contribution in [0.25, 0.3) is 0 Å². The van der Waals surface area contributed by atoms with Crippen LogP contribution in [0.3, 0.4) is 0 Å². The van der Waals surface area contributed by atoms with Gasteiger partial charge in [-0.25, -0.2) is 0 Å². The zero-order valence-electron chi connectivity index (χ0n) is 15.2. The fourth-order valence-electron chi connectivity index (χ4n) is 3.75. The molecule has 1 aliphatic heterocycles. The number of fused-ring (bicyclic) bond motifs is 1. The number of aryl methyl sites for hydroxylation is 1. The maximum atomic E-state index is 5.33. The Morgan fingerprint density at radius 1 is 0.769 bits per heavy atom. The van der Waals surface area contributed by atoms with Gasteiger partial charge in [-0.15, -0.1) is 0 Å². The Morgan fingerprint density at radius 3 is 2.04 bits per heavy atom. The van der Waals surface area contributed by atoms with Crippen molar-refractivity contribution >= 4 is 11.4 Å². The number of benzene rings is 3. The van der Waals surface area contributed by atoms with Gasteiger partial charge >= 0.3 is 0 Å². The highest BCUT2D eigenvalue weighted by molar-refractivity contribution is 5.70. The number of hydrogen-bond acceptors (Lipinski definition) is 3. The molecular formula is C23H23NO2. The molecule has 3 aromatic carbocycles. The van der Waals surface area contributed by atoms with Gasteiger partial charge in [0.2, 0.25) is 0 Å². The van der Waals surface area contributed by atoms with Gasteiger partial charge in [-0.2, -0.15) is 0 Å². The molecule has 1 unspecified atom stereocenters. The first-order valence-electron chi connectivity index (χ1n) is 8.95. The number of rotatable bonds is 4. The lowest BCUT2D eigenvalue weighted by atomic mass is 9.90. The minimum Gasteiger partial charge on any atom is -0.497 e. The van der Waals surface area contributed by atoms with Crippen LogP contribution in [0.2, 0.25) is 0 Å². The molecule has 0 N–H and O–H groups in total. The first-order chi connectivity index (χ1) is 12.8. The third kappa shape index (κ3) is 3.01. The first-order valence-corrected chi connectivity index (χ1v) is 8.95. The average Bonchev–Trinajstić information content (AvgIpc) is 2.73. The van der Waals surface area contributed by atoms with E-state index in [4.69, 9.17) is 9.47 Å². The molecule has 0 spiro atoms. The minimum absolute atomic E-state index is 0.296. The van der Waals surface area contributed by atoms with E-state index in [1.807, 2.05) is 24.3 Å². The quantitative estimate of drug-likeness (QED) is 0.620. The highest BCUT2D eigenvalue weighted by Gasteiger charge is 2.28. The predicted octanol–water partition coefficient (Wildman–Crippen LogP) is 5.53. The Labute approximate surface area is 154 Å². The molecule has 0 radical (unpaired) electrons. The van der Waals surface area contributed by atoms with Crippen LogP contribution < -0.4 is 14.4 Å². The van der Waals surface area contributed by atoms with Crippen molar-refractivity contribution in [1.29, 1.82) is 0 Å². The standard InChI is InChI=1S/C23H23NO2/c1-25-20-12-7-18(8-13-20)23-16-9-17-5-3-4-6-22(17)24(23)19-10-14-21(26-2)15-11-19/h3-8,10-15,23H,9,16H2,1-2H3. The van der Waals surface area contributed by atoms with Crippen LogP contribution in [-0.2, 0) is 6.42 Å². The van der Waals surface area contributed by atoms with Crippen molar-refractivity contribution in [2.45, 2.75) is 18.9 Å². The Bertz CT molecular complexity index is 871. The summed E-state index contributed by atoms with van der Waals surface area (Å²) in [7, 11) is 3.40. The molecule has 132 valence electrons. The molecule has 0 amide bonds. The second-order valence-electron chi connectivity index (χ2n) is 6.52. The molecular weight excluding hydrogens is 322 g/mol. The highest BCUT2D eigenvalue weighted by Crippen LogP contribution is 2.44. The second-order valence-corrected chi connectivity index (χ2v) is 6.52. The van der Waals surface area contributed by atoms with E-state index in [0.717, 1.165) is 24.3 Å². The second kappa shape index (κ2) is 7.12. The molecule has 4 rings (SSSR count). The lowest BCUT2D eigenvalue weighted by Gasteiger charge is -2.39. The van der Waals surface area contributed by atoms with Crippen LogP contribution in [-0.4, -0.2) is 14.2 Å². The van der Waals surface area contributed by atoms with E-state index >= 15 is 0 Å². The number of nitrogens with zero attached hydrogens (tertiary/aromatic N) is 1. The van der Waals surface area contributed by atoms with E-state index in [0.29, 0.717) is 6.04 Å². The van der Waals surface area contributed by atoms with Crippen LogP contribution in [0.4, 0.5) is 11.4 Å². The molecule has 0 saturated carbocycles. The zero-order chi connectivity index (χ0) is 17.9. The molecule has 3 nitrogen and oxygen atoms in total. The van der Waals surface area contributed by atoms with Gasteiger partial charge in [-0.3, -0.25) is 0 Å².